The molecule has 0 spiro atoms. The number of rotatable bonds is 5. The van der Waals surface area contributed by atoms with E-state index in [2.05, 4.69) is 10.1 Å². The number of halogens is 3. The normalized spacial score (nSPS) is 30.6. The molecule has 8 heteroatoms. The molecule has 1 heterocycles. The molecule has 1 aliphatic heterocycles. The largest absolute Gasteiger partial charge is 0.522 e. The summed E-state index contributed by atoms with van der Waals surface area (Å²) < 4.78 is 50.0. The van der Waals surface area contributed by atoms with Gasteiger partial charge in [0.05, 0.1) is 24.9 Å². The smallest absolute Gasteiger partial charge is 0.379 e. The van der Waals surface area contributed by atoms with Crippen molar-refractivity contribution in [2.45, 2.75) is 50.3 Å². The highest BCUT2D eigenvalue weighted by Gasteiger charge is 2.40. The molecule has 2 rings (SSSR count). The number of hydrogen-bond acceptors (Lipinski definition) is 4. The Hall–Kier alpha value is -0.860. The van der Waals surface area contributed by atoms with Crippen LogP contribution in [0.2, 0.25) is 0 Å². The van der Waals surface area contributed by atoms with E-state index in [1.807, 2.05) is 0 Å². The number of carbonyl (C=O) groups is 1. The zero-order valence-corrected chi connectivity index (χ0v) is 10.9. The first-order valence-corrected chi connectivity index (χ1v) is 6.65. The minimum absolute atomic E-state index is 0.00236. The van der Waals surface area contributed by atoms with Gasteiger partial charge in [0.2, 0.25) is 5.91 Å². The summed E-state index contributed by atoms with van der Waals surface area (Å²) in [5.74, 6) is -0.263. The lowest BCUT2D eigenvalue weighted by Gasteiger charge is -2.35. The Balaban J connectivity index is 1.54. The highest BCUT2D eigenvalue weighted by Crippen LogP contribution is 2.31. The van der Waals surface area contributed by atoms with Crippen molar-refractivity contribution in [3.05, 3.63) is 0 Å². The Morgan fingerprint density at radius 1 is 1.30 bits per heavy atom. The zero-order valence-electron chi connectivity index (χ0n) is 10.9. The van der Waals surface area contributed by atoms with Crippen LogP contribution in [0.3, 0.4) is 0 Å². The van der Waals surface area contributed by atoms with Gasteiger partial charge in [-0.2, -0.15) is 0 Å². The molecular weight excluding hydrogens is 279 g/mol. The number of amides is 1. The highest BCUT2D eigenvalue weighted by molar-refractivity contribution is 5.77. The van der Waals surface area contributed by atoms with Crippen molar-refractivity contribution in [1.82, 2.24) is 5.32 Å². The molecule has 2 fully saturated rings. The fraction of sp³-hybridized carbons (Fsp3) is 0.917. The van der Waals surface area contributed by atoms with Crippen molar-refractivity contribution in [3.63, 3.8) is 0 Å². The molecule has 0 aromatic rings. The van der Waals surface area contributed by atoms with Gasteiger partial charge in [0.25, 0.3) is 0 Å². The molecule has 1 aliphatic carbocycles. The zero-order chi connectivity index (χ0) is 14.6. The maximum absolute atomic E-state index is 11.9. The summed E-state index contributed by atoms with van der Waals surface area (Å²) in [5.41, 5.74) is 0. The third-order valence-electron chi connectivity index (χ3n) is 3.33. The summed E-state index contributed by atoms with van der Waals surface area (Å²) in [4.78, 5) is 11.6. The molecule has 1 N–H and O–H groups in total. The average Bonchev–Trinajstić information content (AvgIpc) is 2.32. The second kappa shape index (κ2) is 6.73. The van der Waals surface area contributed by atoms with Crippen LogP contribution in [0.25, 0.3) is 0 Å². The van der Waals surface area contributed by atoms with Crippen LogP contribution in [0.15, 0.2) is 0 Å². The lowest BCUT2D eigenvalue weighted by Crippen LogP contribution is -2.45. The number of nitrogens with one attached hydrogen (secondary N) is 1. The van der Waals surface area contributed by atoms with Crippen molar-refractivity contribution >= 4 is 5.91 Å². The van der Waals surface area contributed by atoms with Crippen molar-refractivity contribution in [1.29, 1.82) is 0 Å². The van der Waals surface area contributed by atoms with Crippen LogP contribution in [0.1, 0.15) is 25.7 Å². The summed E-state index contributed by atoms with van der Waals surface area (Å²) in [6, 6.07) is 0.00236. The topological polar surface area (TPSA) is 56.8 Å². The number of carbonyl (C=O) groups excluding carboxylic acids is 1. The molecule has 1 atom stereocenters. The molecule has 0 aromatic carbocycles. The van der Waals surface area contributed by atoms with E-state index in [0.717, 1.165) is 12.8 Å². The van der Waals surface area contributed by atoms with E-state index in [-0.39, 0.29) is 37.5 Å². The van der Waals surface area contributed by atoms with Crippen LogP contribution in [0.5, 0.6) is 0 Å². The molecule has 1 unspecified atom stereocenters. The van der Waals surface area contributed by atoms with Gasteiger partial charge in [0.1, 0.15) is 6.61 Å². The molecule has 0 aromatic heterocycles. The van der Waals surface area contributed by atoms with E-state index in [1.54, 1.807) is 0 Å². The van der Waals surface area contributed by atoms with E-state index in [1.165, 1.54) is 0 Å². The van der Waals surface area contributed by atoms with E-state index in [9.17, 15) is 18.0 Å². The van der Waals surface area contributed by atoms with Crippen molar-refractivity contribution in [3.8, 4) is 0 Å². The maximum Gasteiger partial charge on any atom is 0.522 e. The summed E-state index contributed by atoms with van der Waals surface area (Å²) in [6.45, 7) is 1.07. The number of ether oxygens (including phenoxy) is 3. The fourth-order valence-electron chi connectivity index (χ4n) is 2.26. The molecule has 1 saturated carbocycles. The second-order valence-corrected chi connectivity index (χ2v) is 5.07. The first kappa shape index (κ1) is 15.5. The van der Waals surface area contributed by atoms with Crippen LogP contribution in [0.4, 0.5) is 13.2 Å². The van der Waals surface area contributed by atoms with Crippen molar-refractivity contribution < 1.29 is 32.2 Å². The summed E-state index contributed by atoms with van der Waals surface area (Å²) in [5, 5.41) is 2.77. The van der Waals surface area contributed by atoms with Crippen LogP contribution in [-0.2, 0) is 19.0 Å². The van der Waals surface area contributed by atoms with Gasteiger partial charge in [0.15, 0.2) is 0 Å². The summed E-state index contributed by atoms with van der Waals surface area (Å²) in [7, 11) is 0. The van der Waals surface area contributed by atoms with Gasteiger partial charge >= 0.3 is 6.36 Å². The highest BCUT2D eigenvalue weighted by atomic mass is 19.4. The molecule has 2 aliphatic rings. The third kappa shape index (κ3) is 5.26. The minimum atomic E-state index is -4.60. The number of alkyl halides is 3. The SMILES string of the molecule is O=C(CO[C@H]1C[C@@H](OC(F)(F)F)C1)NC1CCCOC1. The molecule has 5 nitrogen and oxygen atoms in total. The monoisotopic (exact) mass is 297 g/mol. The van der Waals surface area contributed by atoms with E-state index < -0.39 is 12.5 Å². The first-order valence-electron chi connectivity index (χ1n) is 6.65. The molecule has 0 bridgehead atoms. The Morgan fingerprint density at radius 3 is 2.65 bits per heavy atom. The molecular formula is C12H18F3NO4. The first-order chi connectivity index (χ1) is 9.42. The van der Waals surface area contributed by atoms with Crippen LogP contribution in [0, 0.1) is 0 Å². The quantitative estimate of drug-likeness (QED) is 0.832. The third-order valence-corrected chi connectivity index (χ3v) is 3.33. The fourth-order valence-corrected chi connectivity index (χ4v) is 2.26. The Labute approximate surface area is 114 Å². The Kier molecular flexibility index (Phi) is 5.22. The molecule has 20 heavy (non-hydrogen) atoms. The van der Waals surface area contributed by atoms with Gasteiger partial charge in [-0.25, -0.2) is 0 Å². The van der Waals surface area contributed by atoms with Gasteiger partial charge < -0.3 is 14.8 Å². The maximum atomic E-state index is 11.9. The second-order valence-electron chi connectivity index (χ2n) is 5.07. The Morgan fingerprint density at radius 2 is 2.05 bits per heavy atom. The lowest BCUT2D eigenvalue weighted by atomic mass is 9.92. The number of hydrogen-bond donors (Lipinski definition) is 1. The van der Waals surface area contributed by atoms with Crippen LogP contribution >= 0.6 is 0 Å². The van der Waals surface area contributed by atoms with Gasteiger partial charge in [-0.1, -0.05) is 0 Å². The van der Waals surface area contributed by atoms with E-state index >= 15 is 0 Å². The molecule has 1 saturated heterocycles. The van der Waals surface area contributed by atoms with E-state index in [0.29, 0.717) is 13.2 Å². The van der Waals surface area contributed by atoms with Crippen molar-refractivity contribution in [2.75, 3.05) is 19.8 Å². The van der Waals surface area contributed by atoms with Crippen LogP contribution in [-0.4, -0.2) is 50.3 Å². The molecule has 0 radical (unpaired) electrons. The van der Waals surface area contributed by atoms with Gasteiger partial charge in [0, 0.05) is 19.4 Å². The lowest BCUT2D eigenvalue weighted by molar-refractivity contribution is -0.357. The summed E-state index contributed by atoms with van der Waals surface area (Å²) in [6.07, 6.45) is -3.68. The minimum Gasteiger partial charge on any atom is -0.379 e. The standard InChI is InChI=1S/C12H18F3NO4/c13-12(14,15)20-10-4-9(5-10)19-7-11(17)16-8-2-1-3-18-6-8/h8-10H,1-7H2,(H,16,17)/t8?,9-,10+. The average molecular weight is 297 g/mol. The Bertz CT molecular complexity index is 325. The predicted octanol–water partition coefficient (Wildman–Crippen LogP) is 1.37. The van der Waals surface area contributed by atoms with Gasteiger partial charge in [-0.15, -0.1) is 13.2 Å². The van der Waals surface area contributed by atoms with Crippen LogP contribution < -0.4 is 5.32 Å². The van der Waals surface area contributed by atoms with Gasteiger partial charge in [-0.05, 0) is 12.8 Å². The van der Waals surface area contributed by atoms with E-state index in [4.69, 9.17) is 9.47 Å². The summed E-state index contributed by atoms with van der Waals surface area (Å²) >= 11 is 0. The molecule has 116 valence electrons. The van der Waals surface area contributed by atoms with Gasteiger partial charge in [-0.3, -0.25) is 9.53 Å². The van der Waals surface area contributed by atoms with Crippen molar-refractivity contribution in [2.24, 2.45) is 0 Å². The molecule has 1 amide bonds. The predicted molar refractivity (Wildman–Crippen MR) is 61.9 cm³/mol.